The van der Waals surface area contributed by atoms with E-state index in [4.69, 9.17) is 0 Å². The Hall–Kier alpha value is -0.610. The Morgan fingerprint density at radius 2 is 2.17 bits per heavy atom. The maximum atomic E-state index is 11.2. The molecule has 0 amide bonds. The summed E-state index contributed by atoms with van der Waals surface area (Å²) in [5, 5.41) is 12.3. The number of likely N-dealkylation sites (tertiary alicyclic amines) is 1. The molecule has 4 heteroatoms. The van der Waals surface area contributed by atoms with Gasteiger partial charge in [-0.05, 0) is 32.2 Å². The van der Waals surface area contributed by atoms with E-state index in [2.05, 4.69) is 17.1 Å². The van der Waals surface area contributed by atoms with Gasteiger partial charge in [-0.3, -0.25) is 4.79 Å². The van der Waals surface area contributed by atoms with Crippen LogP contribution in [0.3, 0.4) is 0 Å². The van der Waals surface area contributed by atoms with Crippen LogP contribution in [0.5, 0.6) is 0 Å². The zero-order valence-electron chi connectivity index (χ0n) is 12.0. The molecule has 18 heavy (non-hydrogen) atoms. The van der Waals surface area contributed by atoms with Gasteiger partial charge in [0.15, 0.2) is 0 Å². The molecule has 4 nitrogen and oxygen atoms in total. The normalized spacial score (nSPS) is 23.2. The lowest BCUT2D eigenvalue weighted by Gasteiger charge is -2.35. The van der Waals surface area contributed by atoms with Crippen molar-refractivity contribution >= 4 is 5.97 Å². The second-order valence-corrected chi connectivity index (χ2v) is 5.59. The van der Waals surface area contributed by atoms with Gasteiger partial charge in [0.05, 0.1) is 0 Å². The summed E-state index contributed by atoms with van der Waals surface area (Å²) in [6.07, 6.45) is 5.72. The molecular weight excluding hydrogens is 228 g/mol. The van der Waals surface area contributed by atoms with Crippen molar-refractivity contribution in [3.05, 3.63) is 0 Å². The quantitative estimate of drug-likeness (QED) is 0.732. The first-order valence-corrected chi connectivity index (χ1v) is 7.27. The zero-order valence-corrected chi connectivity index (χ0v) is 12.0. The van der Waals surface area contributed by atoms with E-state index in [1.54, 1.807) is 0 Å². The van der Waals surface area contributed by atoms with Gasteiger partial charge >= 0.3 is 5.97 Å². The molecule has 106 valence electrons. The fourth-order valence-corrected chi connectivity index (χ4v) is 2.79. The highest BCUT2D eigenvalue weighted by atomic mass is 16.4. The Balaban J connectivity index is 2.42. The maximum absolute atomic E-state index is 11.2. The van der Waals surface area contributed by atoms with Crippen molar-refractivity contribution in [2.24, 2.45) is 0 Å². The third-order valence-electron chi connectivity index (χ3n) is 3.76. The van der Waals surface area contributed by atoms with Crippen LogP contribution in [-0.4, -0.2) is 47.2 Å². The monoisotopic (exact) mass is 256 g/mol. The number of hydrogen-bond acceptors (Lipinski definition) is 3. The van der Waals surface area contributed by atoms with Gasteiger partial charge in [-0.2, -0.15) is 0 Å². The van der Waals surface area contributed by atoms with E-state index in [0.29, 0.717) is 12.5 Å². The van der Waals surface area contributed by atoms with Crippen molar-refractivity contribution in [2.45, 2.75) is 71.0 Å². The standard InChI is InChI=1S/C14H28N2O2/c1-4-12-7-5-6-9-16(12)10-8-13(14(17)18)15-11(2)3/h11-13,15H,4-10H2,1-3H3,(H,17,18). The minimum absolute atomic E-state index is 0.217. The van der Waals surface area contributed by atoms with Crippen LogP contribution in [0.2, 0.25) is 0 Å². The molecule has 1 saturated heterocycles. The highest BCUT2D eigenvalue weighted by Gasteiger charge is 2.24. The maximum Gasteiger partial charge on any atom is 0.320 e. The van der Waals surface area contributed by atoms with Crippen LogP contribution in [0.1, 0.15) is 52.9 Å². The molecule has 2 unspecified atom stereocenters. The fraction of sp³-hybridized carbons (Fsp3) is 0.929. The number of nitrogens with one attached hydrogen (secondary N) is 1. The van der Waals surface area contributed by atoms with Crippen molar-refractivity contribution in [3.63, 3.8) is 0 Å². The van der Waals surface area contributed by atoms with Crippen LogP contribution in [0.4, 0.5) is 0 Å². The minimum Gasteiger partial charge on any atom is -0.480 e. The summed E-state index contributed by atoms with van der Waals surface area (Å²) < 4.78 is 0. The van der Waals surface area contributed by atoms with Crippen LogP contribution >= 0.6 is 0 Å². The van der Waals surface area contributed by atoms with Crippen molar-refractivity contribution in [1.82, 2.24) is 10.2 Å². The van der Waals surface area contributed by atoms with E-state index in [1.807, 2.05) is 13.8 Å². The van der Waals surface area contributed by atoms with Gasteiger partial charge in [-0.15, -0.1) is 0 Å². The van der Waals surface area contributed by atoms with Crippen molar-refractivity contribution in [1.29, 1.82) is 0 Å². The molecule has 1 fully saturated rings. The summed E-state index contributed by atoms with van der Waals surface area (Å²) in [5.41, 5.74) is 0. The molecule has 0 aromatic rings. The second kappa shape index (κ2) is 7.74. The molecule has 1 aliphatic heterocycles. The van der Waals surface area contributed by atoms with E-state index < -0.39 is 12.0 Å². The van der Waals surface area contributed by atoms with Gasteiger partial charge in [-0.1, -0.05) is 27.2 Å². The Bertz CT molecular complexity index is 256. The van der Waals surface area contributed by atoms with Gasteiger partial charge in [-0.25, -0.2) is 0 Å². The number of carbonyl (C=O) groups is 1. The number of aliphatic carboxylic acids is 1. The summed E-state index contributed by atoms with van der Waals surface area (Å²) in [6.45, 7) is 8.24. The van der Waals surface area contributed by atoms with E-state index in [-0.39, 0.29) is 6.04 Å². The predicted molar refractivity (Wildman–Crippen MR) is 73.8 cm³/mol. The van der Waals surface area contributed by atoms with E-state index in [0.717, 1.165) is 13.1 Å². The first-order valence-electron chi connectivity index (χ1n) is 7.27. The average Bonchev–Trinajstić information content (AvgIpc) is 2.34. The van der Waals surface area contributed by atoms with Gasteiger partial charge in [0.2, 0.25) is 0 Å². The second-order valence-electron chi connectivity index (χ2n) is 5.59. The largest absolute Gasteiger partial charge is 0.480 e. The Kier molecular flexibility index (Phi) is 6.65. The van der Waals surface area contributed by atoms with Gasteiger partial charge in [0, 0.05) is 18.6 Å². The zero-order chi connectivity index (χ0) is 13.5. The molecule has 0 bridgehead atoms. The molecule has 1 rings (SSSR count). The smallest absolute Gasteiger partial charge is 0.320 e. The van der Waals surface area contributed by atoms with Gasteiger partial charge < -0.3 is 15.3 Å². The summed E-state index contributed by atoms with van der Waals surface area (Å²) in [4.78, 5) is 13.7. The molecule has 0 aliphatic carbocycles. The number of carboxylic acids is 1. The lowest BCUT2D eigenvalue weighted by molar-refractivity contribution is -0.140. The number of carboxylic acid groups (broad SMARTS) is 1. The molecule has 0 aromatic carbocycles. The summed E-state index contributed by atoms with van der Waals surface area (Å²) in [6, 6.07) is 0.464. The number of piperidine rings is 1. The predicted octanol–water partition coefficient (Wildman–Crippen LogP) is 2.09. The first-order chi connectivity index (χ1) is 8.54. The fourth-order valence-electron chi connectivity index (χ4n) is 2.79. The third kappa shape index (κ3) is 4.94. The van der Waals surface area contributed by atoms with Gasteiger partial charge in [0.1, 0.15) is 6.04 Å². The molecule has 0 spiro atoms. The van der Waals surface area contributed by atoms with E-state index in [9.17, 15) is 9.90 Å². The molecule has 1 aliphatic rings. The number of nitrogens with zero attached hydrogens (tertiary/aromatic N) is 1. The highest BCUT2D eigenvalue weighted by molar-refractivity contribution is 5.73. The van der Waals surface area contributed by atoms with Crippen LogP contribution in [-0.2, 0) is 4.79 Å². The van der Waals surface area contributed by atoms with Crippen LogP contribution in [0, 0.1) is 0 Å². The Morgan fingerprint density at radius 1 is 1.44 bits per heavy atom. The molecule has 0 radical (unpaired) electrons. The summed E-state index contributed by atoms with van der Waals surface area (Å²) in [5.74, 6) is -0.728. The van der Waals surface area contributed by atoms with Crippen molar-refractivity contribution < 1.29 is 9.90 Å². The van der Waals surface area contributed by atoms with Crippen LogP contribution in [0.15, 0.2) is 0 Å². The molecule has 0 aromatic heterocycles. The summed E-state index contributed by atoms with van der Waals surface area (Å²) >= 11 is 0. The lowest BCUT2D eigenvalue weighted by atomic mass is 9.99. The molecule has 0 saturated carbocycles. The Morgan fingerprint density at radius 3 is 2.72 bits per heavy atom. The van der Waals surface area contributed by atoms with Crippen molar-refractivity contribution in [2.75, 3.05) is 13.1 Å². The Labute approximate surface area is 111 Å². The highest BCUT2D eigenvalue weighted by Crippen LogP contribution is 2.19. The number of hydrogen-bond donors (Lipinski definition) is 2. The SMILES string of the molecule is CCC1CCCCN1CCC(NC(C)C)C(=O)O. The van der Waals surface area contributed by atoms with Crippen LogP contribution in [0.25, 0.3) is 0 Å². The number of rotatable bonds is 7. The average molecular weight is 256 g/mol. The third-order valence-corrected chi connectivity index (χ3v) is 3.76. The van der Waals surface area contributed by atoms with Crippen molar-refractivity contribution in [3.8, 4) is 0 Å². The molecule has 2 N–H and O–H groups in total. The molecule has 1 heterocycles. The van der Waals surface area contributed by atoms with E-state index >= 15 is 0 Å². The van der Waals surface area contributed by atoms with E-state index in [1.165, 1.54) is 25.7 Å². The summed E-state index contributed by atoms with van der Waals surface area (Å²) in [7, 11) is 0. The minimum atomic E-state index is -0.728. The first kappa shape index (κ1) is 15.4. The topological polar surface area (TPSA) is 52.6 Å². The lowest BCUT2D eigenvalue weighted by Crippen LogP contribution is -2.46. The van der Waals surface area contributed by atoms with Crippen LogP contribution < -0.4 is 5.32 Å². The van der Waals surface area contributed by atoms with Gasteiger partial charge in [0.25, 0.3) is 0 Å². The molecular formula is C14H28N2O2. The molecule has 2 atom stereocenters.